The molecule has 172 valence electrons. The number of carbonyl (C=O) groups is 1. The Morgan fingerprint density at radius 2 is 1.79 bits per heavy atom. The molecule has 1 aromatic heterocycles. The van der Waals surface area contributed by atoms with Crippen molar-refractivity contribution in [2.24, 2.45) is 0 Å². The monoisotopic (exact) mass is 508 g/mol. The number of hydrogen-bond donors (Lipinski definition) is 0. The second kappa shape index (κ2) is 9.74. The Morgan fingerprint density at radius 1 is 1.03 bits per heavy atom. The lowest BCUT2D eigenvalue weighted by molar-refractivity contribution is -0.115. The molecule has 2 heterocycles. The van der Waals surface area contributed by atoms with E-state index in [1.807, 2.05) is 78.2 Å². The smallest absolute Gasteiger partial charge is 0.242 e. The van der Waals surface area contributed by atoms with Gasteiger partial charge in [0.05, 0.1) is 24.2 Å². The van der Waals surface area contributed by atoms with Gasteiger partial charge in [0.2, 0.25) is 5.91 Å². The van der Waals surface area contributed by atoms with Crippen LogP contribution in [-0.4, -0.2) is 33.5 Å². The van der Waals surface area contributed by atoms with Crippen LogP contribution >= 0.6 is 35.1 Å². The number of benzene rings is 3. The number of amides is 1. The summed E-state index contributed by atoms with van der Waals surface area (Å²) in [5.41, 5.74) is 2.61. The van der Waals surface area contributed by atoms with E-state index in [2.05, 4.69) is 10.2 Å². The Kier molecular flexibility index (Phi) is 6.54. The summed E-state index contributed by atoms with van der Waals surface area (Å²) < 4.78 is 7.27. The van der Waals surface area contributed by atoms with Crippen LogP contribution in [0.3, 0.4) is 0 Å². The summed E-state index contributed by atoms with van der Waals surface area (Å²) in [6, 6.07) is 21.3. The fourth-order valence-corrected chi connectivity index (χ4v) is 5.88. The van der Waals surface area contributed by atoms with Crippen molar-refractivity contribution < 1.29 is 9.53 Å². The summed E-state index contributed by atoms with van der Waals surface area (Å²) in [6.07, 6.45) is 0. The summed E-state index contributed by atoms with van der Waals surface area (Å²) in [5.74, 6) is 1.72. The van der Waals surface area contributed by atoms with E-state index >= 15 is 0 Å². The molecule has 0 bridgehead atoms. The molecule has 1 aliphatic rings. The molecule has 0 atom stereocenters. The van der Waals surface area contributed by atoms with Crippen molar-refractivity contribution >= 4 is 52.4 Å². The number of thioether (sulfide) groups is 1. The quantitative estimate of drug-likeness (QED) is 0.275. The van der Waals surface area contributed by atoms with E-state index < -0.39 is 0 Å². The Balaban J connectivity index is 1.41. The average molecular weight is 509 g/mol. The van der Waals surface area contributed by atoms with E-state index in [4.69, 9.17) is 16.3 Å². The number of para-hydroxylation sites is 1. The summed E-state index contributed by atoms with van der Waals surface area (Å²) in [7, 11) is 1.64. The molecule has 4 aromatic rings. The third-order valence-corrected chi connectivity index (χ3v) is 7.76. The van der Waals surface area contributed by atoms with Gasteiger partial charge in [0, 0.05) is 26.9 Å². The van der Waals surface area contributed by atoms with Gasteiger partial charge in [-0.1, -0.05) is 47.3 Å². The lowest BCUT2D eigenvalue weighted by Gasteiger charge is -2.31. The van der Waals surface area contributed by atoms with E-state index in [1.165, 1.54) is 11.8 Å². The molecule has 0 N–H and O–H groups in total. The predicted molar refractivity (Wildman–Crippen MR) is 138 cm³/mol. The number of anilines is 2. The molecule has 0 fully saturated rings. The van der Waals surface area contributed by atoms with Gasteiger partial charge >= 0.3 is 0 Å². The van der Waals surface area contributed by atoms with Crippen LogP contribution in [0.2, 0.25) is 5.02 Å². The summed E-state index contributed by atoms with van der Waals surface area (Å²) in [5, 5.41) is 10.1. The molecule has 1 aliphatic heterocycles. The highest BCUT2D eigenvalue weighted by Gasteiger charge is 2.29. The number of halogens is 1. The van der Waals surface area contributed by atoms with Crippen LogP contribution in [0.25, 0.3) is 11.4 Å². The van der Waals surface area contributed by atoms with Gasteiger partial charge in [0.1, 0.15) is 5.75 Å². The number of aromatic nitrogens is 3. The van der Waals surface area contributed by atoms with Crippen molar-refractivity contribution in [2.45, 2.75) is 28.4 Å². The number of hydrogen-bond acceptors (Lipinski definition) is 6. The molecule has 5 rings (SSSR count). The Bertz CT molecular complexity index is 1360. The van der Waals surface area contributed by atoms with Gasteiger partial charge < -0.3 is 9.30 Å². The van der Waals surface area contributed by atoms with Gasteiger partial charge in [0.25, 0.3) is 0 Å². The second-order valence-corrected chi connectivity index (χ2v) is 9.94. The minimum atomic E-state index is -0.0436. The van der Waals surface area contributed by atoms with Gasteiger partial charge in [-0.2, -0.15) is 0 Å². The molecule has 0 saturated carbocycles. The molecule has 0 radical (unpaired) electrons. The third-order valence-electron chi connectivity index (χ3n) is 5.44. The van der Waals surface area contributed by atoms with Crippen molar-refractivity contribution in [3.8, 4) is 17.1 Å². The minimum Gasteiger partial charge on any atom is -0.497 e. The summed E-state index contributed by atoms with van der Waals surface area (Å²) in [4.78, 5) is 17.3. The number of fused-ring (bicyclic) bond motifs is 2. The first kappa shape index (κ1) is 22.8. The van der Waals surface area contributed by atoms with E-state index in [0.29, 0.717) is 16.7 Å². The van der Waals surface area contributed by atoms with E-state index in [0.717, 1.165) is 38.3 Å². The van der Waals surface area contributed by atoms with Crippen LogP contribution in [0.1, 0.15) is 6.92 Å². The zero-order chi connectivity index (χ0) is 23.7. The molecule has 0 saturated heterocycles. The standard InChI is InChI=1S/C25H21ClN4O2S2/c1-3-29-24(16-8-11-18(32-2)12-9-16)27-28-25(29)33-15-23(31)30-19-6-4-5-7-21(19)34-22-13-10-17(26)14-20(22)30/h4-14H,3,15H2,1-2H3. The van der Waals surface area contributed by atoms with Crippen molar-refractivity contribution in [3.05, 3.63) is 71.8 Å². The number of nitrogens with zero attached hydrogens (tertiary/aromatic N) is 4. The zero-order valence-electron chi connectivity index (χ0n) is 18.6. The van der Waals surface area contributed by atoms with Crippen molar-refractivity contribution in [1.29, 1.82) is 0 Å². The molecule has 0 spiro atoms. The zero-order valence-corrected chi connectivity index (χ0v) is 21.0. The van der Waals surface area contributed by atoms with Gasteiger partial charge in [-0.25, -0.2) is 0 Å². The molecular formula is C25H21ClN4O2S2. The molecule has 0 aliphatic carbocycles. The van der Waals surface area contributed by atoms with E-state index in [9.17, 15) is 4.79 Å². The molecule has 34 heavy (non-hydrogen) atoms. The SMILES string of the molecule is CCn1c(SCC(=O)N2c3ccccc3Sc3ccc(Cl)cc32)nnc1-c1ccc(OC)cc1. The molecule has 0 unspecified atom stereocenters. The normalized spacial score (nSPS) is 12.3. The average Bonchev–Trinajstić information content (AvgIpc) is 3.29. The molecular weight excluding hydrogens is 488 g/mol. The lowest BCUT2D eigenvalue weighted by atomic mass is 10.2. The van der Waals surface area contributed by atoms with Crippen molar-refractivity contribution in [1.82, 2.24) is 14.8 Å². The highest BCUT2D eigenvalue weighted by atomic mass is 35.5. The molecule has 1 amide bonds. The van der Waals surface area contributed by atoms with Crippen LogP contribution in [0, 0.1) is 0 Å². The largest absolute Gasteiger partial charge is 0.497 e. The van der Waals surface area contributed by atoms with E-state index in [1.54, 1.807) is 23.8 Å². The van der Waals surface area contributed by atoms with Crippen LogP contribution < -0.4 is 9.64 Å². The van der Waals surface area contributed by atoms with Crippen molar-refractivity contribution in [3.63, 3.8) is 0 Å². The first-order valence-corrected chi connectivity index (χ1v) is 12.9. The van der Waals surface area contributed by atoms with Crippen LogP contribution in [0.4, 0.5) is 11.4 Å². The first-order valence-electron chi connectivity index (χ1n) is 10.7. The van der Waals surface area contributed by atoms with E-state index in [-0.39, 0.29) is 11.7 Å². The van der Waals surface area contributed by atoms with Crippen LogP contribution in [0.5, 0.6) is 5.75 Å². The maximum atomic E-state index is 13.5. The first-order chi connectivity index (χ1) is 16.6. The maximum Gasteiger partial charge on any atom is 0.242 e. The summed E-state index contributed by atoms with van der Waals surface area (Å²) >= 11 is 9.31. The highest BCUT2D eigenvalue weighted by molar-refractivity contribution is 8.00. The number of methoxy groups -OCH3 is 1. The Morgan fingerprint density at radius 3 is 2.56 bits per heavy atom. The van der Waals surface area contributed by atoms with Gasteiger partial charge in [0.15, 0.2) is 11.0 Å². The predicted octanol–water partition coefficient (Wildman–Crippen LogP) is 6.55. The summed E-state index contributed by atoms with van der Waals surface area (Å²) in [6.45, 7) is 2.73. The second-order valence-electron chi connectivity index (χ2n) is 7.48. The molecule has 6 nitrogen and oxygen atoms in total. The van der Waals surface area contributed by atoms with Crippen molar-refractivity contribution in [2.75, 3.05) is 17.8 Å². The third kappa shape index (κ3) is 4.29. The fraction of sp³-hybridized carbons (Fsp3) is 0.160. The maximum absolute atomic E-state index is 13.5. The van der Waals surface area contributed by atoms with Gasteiger partial charge in [-0.15, -0.1) is 10.2 Å². The van der Waals surface area contributed by atoms with Crippen LogP contribution in [-0.2, 0) is 11.3 Å². The van der Waals surface area contributed by atoms with Gasteiger partial charge in [-0.3, -0.25) is 9.69 Å². The number of ether oxygens (including phenoxy) is 1. The number of rotatable bonds is 6. The number of carbonyl (C=O) groups excluding carboxylic acids is 1. The Labute approximate surface area is 211 Å². The minimum absolute atomic E-state index is 0.0436. The Hall–Kier alpha value is -2.94. The lowest BCUT2D eigenvalue weighted by Crippen LogP contribution is -2.30. The van der Waals surface area contributed by atoms with Crippen LogP contribution in [0.15, 0.2) is 81.7 Å². The fourth-order valence-electron chi connectivity index (χ4n) is 3.82. The van der Waals surface area contributed by atoms with Gasteiger partial charge in [-0.05, 0) is 61.5 Å². The molecule has 9 heteroatoms. The topological polar surface area (TPSA) is 60.2 Å². The molecule has 3 aromatic carbocycles. The highest BCUT2D eigenvalue weighted by Crippen LogP contribution is 2.49.